The summed E-state index contributed by atoms with van der Waals surface area (Å²) in [5, 5.41) is 8.77. The minimum atomic E-state index is -1.04. The third-order valence-corrected chi connectivity index (χ3v) is 3.05. The van der Waals surface area contributed by atoms with Crippen molar-refractivity contribution in [3.8, 4) is 11.5 Å². The molecule has 0 heterocycles. The van der Waals surface area contributed by atoms with Gasteiger partial charge in [0.05, 0.1) is 14.2 Å². The lowest BCUT2D eigenvalue weighted by atomic mass is 10.1. The molecule has 17 heavy (non-hydrogen) atoms. The van der Waals surface area contributed by atoms with Gasteiger partial charge >= 0.3 is 5.97 Å². The maximum absolute atomic E-state index is 10.7. The molecule has 0 radical (unpaired) electrons. The van der Waals surface area contributed by atoms with E-state index in [9.17, 15) is 4.79 Å². The van der Waals surface area contributed by atoms with Gasteiger partial charge in [0.25, 0.3) is 0 Å². The molecule has 3 N–H and O–H groups in total. The fourth-order valence-corrected chi connectivity index (χ4v) is 1.86. The molecule has 1 aromatic rings. The van der Waals surface area contributed by atoms with Crippen LogP contribution >= 0.6 is 15.9 Å². The number of hydrogen-bond acceptors (Lipinski definition) is 4. The molecule has 5 nitrogen and oxygen atoms in total. The molecule has 0 aromatic heterocycles. The fourth-order valence-electron chi connectivity index (χ4n) is 1.38. The summed E-state index contributed by atoms with van der Waals surface area (Å²) in [6.45, 7) is 0. The van der Waals surface area contributed by atoms with Crippen molar-refractivity contribution in [3.05, 3.63) is 22.2 Å². The normalized spacial score (nSPS) is 12.0. The molecule has 6 heteroatoms. The van der Waals surface area contributed by atoms with E-state index in [-0.39, 0.29) is 6.42 Å². The molecule has 0 aliphatic rings. The quantitative estimate of drug-likeness (QED) is 0.860. The van der Waals surface area contributed by atoms with Crippen molar-refractivity contribution in [2.45, 2.75) is 12.5 Å². The molecule has 0 saturated heterocycles. The third-order valence-electron chi connectivity index (χ3n) is 2.31. The number of aliphatic carboxylic acids is 1. The standard InChI is InChI=1S/C11H14BrNO4/c1-16-9-4-6(3-8(13)11(14)15)7(12)5-10(9)17-2/h4-5,8H,3,13H2,1-2H3,(H,14,15)/t8-/m1/s1. The Hall–Kier alpha value is -1.27. The van der Waals surface area contributed by atoms with Crippen LogP contribution in [0.2, 0.25) is 0 Å². The number of rotatable bonds is 5. The number of methoxy groups -OCH3 is 2. The summed E-state index contributed by atoms with van der Waals surface area (Å²) in [6.07, 6.45) is 0.219. The van der Waals surface area contributed by atoms with Gasteiger partial charge < -0.3 is 20.3 Å². The van der Waals surface area contributed by atoms with Crippen LogP contribution in [0.3, 0.4) is 0 Å². The molecular formula is C11H14BrNO4. The topological polar surface area (TPSA) is 81.8 Å². The Labute approximate surface area is 108 Å². The Balaban J connectivity index is 3.04. The van der Waals surface area contributed by atoms with Crippen molar-refractivity contribution in [3.63, 3.8) is 0 Å². The smallest absolute Gasteiger partial charge is 0.320 e. The molecule has 1 rings (SSSR count). The van der Waals surface area contributed by atoms with Gasteiger partial charge in [-0.1, -0.05) is 15.9 Å². The Kier molecular flexibility index (Phi) is 4.77. The summed E-state index contributed by atoms with van der Waals surface area (Å²) >= 11 is 3.34. The average molecular weight is 304 g/mol. The molecule has 1 aromatic carbocycles. The molecule has 1 atom stereocenters. The first-order chi connectivity index (χ1) is 7.99. The molecule has 94 valence electrons. The summed E-state index contributed by atoms with van der Waals surface area (Å²) in [5.41, 5.74) is 6.25. The highest BCUT2D eigenvalue weighted by molar-refractivity contribution is 9.10. The Morgan fingerprint density at radius 3 is 2.41 bits per heavy atom. The summed E-state index contributed by atoms with van der Waals surface area (Å²) in [4.78, 5) is 10.7. The van der Waals surface area contributed by atoms with Gasteiger partial charge in [-0.15, -0.1) is 0 Å². The molecule has 0 saturated carbocycles. The number of ether oxygens (including phenoxy) is 2. The van der Waals surface area contributed by atoms with E-state index in [1.54, 1.807) is 12.1 Å². The molecule has 0 unspecified atom stereocenters. The molecule has 0 bridgehead atoms. The number of carboxylic acids is 1. The lowest BCUT2D eigenvalue weighted by Crippen LogP contribution is -2.32. The summed E-state index contributed by atoms with van der Waals surface area (Å²) in [5.74, 6) is 0.0852. The molecule has 0 amide bonds. The molecular weight excluding hydrogens is 290 g/mol. The van der Waals surface area contributed by atoms with Gasteiger partial charge in [-0.25, -0.2) is 0 Å². The van der Waals surface area contributed by atoms with Crippen LogP contribution in [0.5, 0.6) is 11.5 Å². The van der Waals surface area contributed by atoms with Crippen LogP contribution in [-0.4, -0.2) is 31.3 Å². The fraction of sp³-hybridized carbons (Fsp3) is 0.364. The number of carbonyl (C=O) groups is 1. The largest absolute Gasteiger partial charge is 0.493 e. The lowest BCUT2D eigenvalue weighted by molar-refractivity contribution is -0.138. The molecule has 0 aliphatic carbocycles. The number of hydrogen-bond donors (Lipinski definition) is 2. The second-order valence-electron chi connectivity index (χ2n) is 3.45. The number of carboxylic acid groups (broad SMARTS) is 1. The van der Waals surface area contributed by atoms with Crippen molar-refractivity contribution < 1.29 is 19.4 Å². The highest BCUT2D eigenvalue weighted by Crippen LogP contribution is 2.33. The van der Waals surface area contributed by atoms with Crippen molar-refractivity contribution in [2.75, 3.05) is 14.2 Å². The Bertz CT molecular complexity index is 422. The van der Waals surface area contributed by atoms with Crippen LogP contribution in [0, 0.1) is 0 Å². The minimum Gasteiger partial charge on any atom is -0.493 e. The summed E-state index contributed by atoms with van der Waals surface area (Å²) in [6, 6.07) is 2.50. The zero-order valence-electron chi connectivity index (χ0n) is 9.57. The average Bonchev–Trinajstić information content (AvgIpc) is 2.30. The number of halogens is 1. The van der Waals surface area contributed by atoms with E-state index < -0.39 is 12.0 Å². The van der Waals surface area contributed by atoms with E-state index in [0.717, 1.165) is 10.0 Å². The second-order valence-corrected chi connectivity index (χ2v) is 4.30. The van der Waals surface area contributed by atoms with Crippen LogP contribution in [0.15, 0.2) is 16.6 Å². The third kappa shape index (κ3) is 3.34. The Morgan fingerprint density at radius 2 is 1.94 bits per heavy atom. The predicted octanol–water partition coefficient (Wildman–Crippen LogP) is 1.42. The first-order valence-electron chi connectivity index (χ1n) is 4.88. The van der Waals surface area contributed by atoms with E-state index in [0.29, 0.717) is 11.5 Å². The Morgan fingerprint density at radius 1 is 1.41 bits per heavy atom. The van der Waals surface area contributed by atoms with Crippen molar-refractivity contribution in [2.24, 2.45) is 5.73 Å². The van der Waals surface area contributed by atoms with Crippen LogP contribution in [0.1, 0.15) is 5.56 Å². The van der Waals surface area contributed by atoms with Gasteiger partial charge in [0, 0.05) is 4.47 Å². The molecule has 0 aliphatic heterocycles. The van der Waals surface area contributed by atoms with Gasteiger partial charge in [0.1, 0.15) is 6.04 Å². The maximum Gasteiger partial charge on any atom is 0.320 e. The lowest BCUT2D eigenvalue weighted by Gasteiger charge is -2.13. The van der Waals surface area contributed by atoms with Crippen molar-refractivity contribution in [1.82, 2.24) is 0 Å². The first-order valence-corrected chi connectivity index (χ1v) is 5.67. The molecule has 0 spiro atoms. The monoisotopic (exact) mass is 303 g/mol. The first kappa shape index (κ1) is 13.8. The zero-order chi connectivity index (χ0) is 13.0. The van der Waals surface area contributed by atoms with Crippen molar-refractivity contribution in [1.29, 1.82) is 0 Å². The van der Waals surface area contributed by atoms with Gasteiger partial charge in [-0.05, 0) is 24.1 Å². The SMILES string of the molecule is COc1cc(Br)c(C[C@@H](N)C(=O)O)cc1OC. The number of benzene rings is 1. The highest BCUT2D eigenvalue weighted by Gasteiger charge is 2.16. The van der Waals surface area contributed by atoms with Gasteiger partial charge in [-0.2, -0.15) is 0 Å². The predicted molar refractivity (Wildman–Crippen MR) is 66.6 cm³/mol. The van der Waals surface area contributed by atoms with E-state index in [2.05, 4.69) is 15.9 Å². The van der Waals surface area contributed by atoms with Gasteiger partial charge in [0.15, 0.2) is 11.5 Å². The maximum atomic E-state index is 10.7. The van der Waals surface area contributed by atoms with Crippen LogP contribution in [-0.2, 0) is 11.2 Å². The van der Waals surface area contributed by atoms with Crippen LogP contribution in [0.4, 0.5) is 0 Å². The van der Waals surface area contributed by atoms with Gasteiger partial charge in [-0.3, -0.25) is 4.79 Å². The van der Waals surface area contributed by atoms with E-state index in [4.69, 9.17) is 20.3 Å². The summed E-state index contributed by atoms with van der Waals surface area (Å²) in [7, 11) is 3.06. The van der Waals surface area contributed by atoms with E-state index in [1.807, 2.05) is 0 Å². The van der Waals surface area contributed by atoms with Crippen LogP contribution in [0.25, 0.3) is 0 Å². The zero-order valence-corrected chi connectivity index (χ0v) is 11.2. The van der Waals surface area contributed by atoms with Gasteiger partial charge in [0.2, 0.25) is 0 Å². The second kappa shape index (κ2) is 5.88. The summed E-state index contributed by atoms with van der Waals surface area (Å²) < 4.78 is 11.0. The minimum absolute atomic E-state index is 0.219. The highest BCUT2D eigenvalue weighted by atomic mass is 79.9. The van der Waals surface area contributed by atoms with E-state index in [1.165, 1.54) is 14.2 Å². The van der Waals surface area contributed by atoms with Crippen LogP contribution < -0.4 is 15.2 Å². The van der Waals surface area contributed by atoms with E-state index >= 15 is 0 Å². The molecule has 0 fully saturated rings. The number of nitrogens with two attached hydrogens (primary N) is 1. The van der Waals surface area contributed by atoms with Crippen molar-refractivity contribution >= 4 is 21.9 Å².